The summed E-state index contributed by atoms with van der Waals surface area (Å²) >= 11 is 0. The fourth-order valence-electron chi connectivity index (χ4n) is 1.54. The zero-order valence-electron chi connectivity index (χ0n) is 10.1. The molecule has 2 unspecified atom stereocenters. The monoisotopic (exact) mass is 259 g/mol. The highest BCUT2D eigenvalue weighted by Crippen LogP contribution is 2.11. The van der Waals surface area contributed by atoms with Crippen LogP contribution in [0.25, 0.3) is 0 Å². The van der Waals surface area contributed by atoms with Crippen LogP contribution in [0.4, 0.5) is 4.79 Å². The average molecular weight is 259 g/mol. The first-order chi connectivity index (χ1) is 8.49. The molecule has 1 aliphatic rings. The third kappa shape index (κ3) is 5.00. The summed E-state index contributed by atoms with van der Waals surface area (Å²) in [4.78, 5) is 32.7. The van der Waals surface area contributed by atoms with E-state index < -0.39 is 24.5 Å². The zero-order chi connectivity index (χ0) is 13.5. The molecule has 3 amide bonds. The Morgan fingerprint density at radius 1 is 1.28 bits per heavy atom. The smallest absolute Gasteiger partial charge is 0.322 e. The minimum absolute atomic E-state index is 0.0448. The van der Waals surface area contributed by atoms with Gasteiger partial charge in [-0.15, -0.1) is 0 Å². The lowest BCUT2D eigenvalue weighted by Gasteiger charge is -2.16. The van der Waals surface area contributed by atoms with Crippen molar-refractivity contribution in [1.29, 1.82) is 0 Å². The van der Waals surface area contributed by atoms with Crippen molar-refractivity contribution in [3.63, 3.8) is 0 Å². The van der Waals surface area contributed by atoms with Crippen LogP contribution >= 0.6 is 0 Å². The number of hydrogen-bond donors (Lipinski definition) is 4. The lowest BCUT2D eigenvalue weighted by atomic mass is 10.2. The van der Waals surface area contributed by atoms with Crippen molar-refractivity contribution < 1.29 is 24.2 Å². The second-order valence-electron chi connectivity index (χ2n) is 3.97. The van der Waals surface area contributed by atoms with Gasteiger partial charge in [0.2, 0.25) is 5.91 Å². The molecule has 0 radical (unpaired) electrons. The van der Waals surface area contributed by atoms with Crippen LogP contribution in [0.2, 0.25) is 0 Å². The van der Waals surface area contributed by atoms with Crippen LogP contribution in [0.5, 0.6) is 0 Å². The van der Waals surface area contributed by atoms with E-state index in [1.165, 1.54) is 0 Å². The summed E-state index contributed by atoms with van der Waals surface area (Å²) in [6.07, 6.45) is 0.691. The van der Waals surface area contributed by atoms with Crippen molar-refractivity contribution in [3.05, 3.63) is 0 Å². The molecule has 1 aliphatic heterocycles. The number of carboxylic acids is 1. The topological polar surface area (TPSA) is 117 Å². The maximum atomic E-state index is 11.4. The van der Waals surface area contributed by atoms with E-state index in [4.69, 9.17) is 9.84 Å². The maximum Gasteiger partial charge on any atom is 0.322 e. The fraction of sp³-hybridized carbons (Fsp3) is 0.700. The first kappa shape index (κ1) is 14.2. The Labute approximate surface area is 104 Å². The number of aliphatic carboxylic acids is 1. The minimum atomic E-state index is -1.13. The number of carbonyl (C=O) groups excluding carboxylic acids is 2. The SMILES string of the molecule is CC1OCCC1NC(=O)NCC(=O)NCC(=O)O. The second kappa shape index (κ2) is 6.80. The van der Waals surface area contributed by atoms with Gasteiger partial charge in [0.15, 0.2) is 0 Å². The van der Waals surface area contributed by atoms with Gasteiger partial charge in [0, 0.05) is 6.61 Å². The van der Waals surface area contributed by atoms with Crippen LogP contribution < -0.4 is 16.0 Å². The van der Waals surface area contributed by atoms with Crippen LogP contribution in [0.3, 0.4) is 0 Å². The van der Waals surface area contributed by atoms with Crippen molar-refractivity contribution in [2.45, 2.75) is 25.5 Å². The quantitative estimate of drug-likeness (QED) is 0.488. The number of ether oxygens (including phenoxy) is 1. The van der Waals surface area contributed by atoms with Crippen molar-refractivity contribution in [2.24, 2.45) is 0 Å². The molecule has 18 heavy (non-hydrogen) atoms. The van der Waals surface area contributed by atoms with E-state index in [0.29, 0.717) is 6.61 Å². The van der Waals surface area contributed by atoms with E-state index >= 15 is 0 Å². The average Bonchev–Trinajstić information content (AvgIpc) is 2.69. The predicted octanol–water partition coefficient (Wildman–Crippen LogP) is -1.34. The fourth-order valence-corrected chi connectivity index (χ4v) is 1.54. The van der Waals surface area contributed by atoms with Gasteiger partial charge < -0.3 is 25.8 Å². The lowest BCUT2D eigenvalue weighted by Crippen LogP contribution is -2.48. The number of nitrogens with one attached hydrogen (secondary N) is 3. The molecule has 8 nitrogen and oxygen atoms in total. The summed E-state index contributed by atoms with van der Waals surface area (Å²) in [7, 11) is 0. The third-order valence-corrected chi connectivity index (χ3v) is 2.54. The molecular weight excluding hydrogens is 242 g/mol. The lowest BCUT2D eigenvalue weighted by molar-refractivity contribution is -0.137. The second-order valence-corrected chi connectivity index (χ2v) is 3.97. The van der Waals surface area contributed by atoms with E-state index in [1.54, 1.807) is 0 Å². The van der Waals surface area contributed by atoms with Gasteiger partial charge in [-0.1, -0.05) is 0 Å². The van der Waals surface area contributed by atoms with E-state index in [2.05, 4.69) is 16.0 Å². The molecule has 2 atom stereocenters. The van der Waals surface area contributed by atoms with Gasteiger partial charge in [0.1, 0.15) is 6.54 Å². The Morgan fingerprint density at radius 3 is 2.56 bits per heavy atom. The van der Waals surface area contributed by atoms with Crippen LogP contribution in [0, 0.1) is 0 Å². The summed E-state index contributed by atoms with van der Waals surface area (Å²) < 4.78 is 5.27. The molecule has 1 rings (SSSR count). The van der Waals surface area contributed by atoms with Crippen LogP contribution in [0.15, 0.2) is 0 Å². The summed E-state index contributed by atoms with van der Waals surface area (Å²) in [5, 5.41) is 15.5. The van der Waals surface area contributed by atoms with Crippen LogP contribution in [-0.4, -0.2) is 54.9 Å². The van der Waals surface area contributed by atoms with Crippen molar-refractivity contribution in [1.82, 2.24) is 16.0 Å². The highest BCUT2D eigenvalue weighted by Gasteiger charge is 2.25. The first-order valence-corrected chi connectivity index (χ1v) is 5.63. The molecule has 8 heteroatoms. The maximum absolute atomic E-state index is 11.4. The van der Waals surface area contributed by atoms with E-state index in [-0.39, 0.29) is 18.7 Å². The van der Waals surface area contributed by atoms with Gasteiger partial charge in [0.05, 0.1) is 18.7 Å². The number of rotatable bonds is 5. The minimum Gasteiger partial charge on any atom is -0.480 e. The number of urea groups is 1. The van der Waals surface area contributed by atoms with Crippen molar-refractivity contribution in [3.8, 4) is 0 Å². The molecule has 0 saturated carbocycles. The molecule has 0 bridgehead atoms. The Hall–Kier alpha value is -1.83. The summed E-state index contributed by atoms with van der Waals surface area (Å²) in [5.74, 6) is -1.69. The van der Waals surface area contributed by atoms with Gasteiger partial charge in [-0.3, -0.25) is 9.59 Å². The highest BCUT2D eigenvalue weighted by atomic mass is 16.5. The molecule has 0 aliphatic carbocycles. The Kier molecular flexibility index (Phi) is 5.37. The van der Waals surface area contributed by atoms with Gasteiger partial charge in [0.25, 0.3) is 0 Å². The Bertz CT molecular complexity index is 333. The Balaban J connectivity index is 2.16. The summed E-state index contributed by atoms with van der Waals surface area (Å²) in [6.45, 7) is 1.74. The molecule has 1 saturated heterocycles. The number of amides is 3. The molecule has 0 aromatic rings. The van der Waals surface area contributed by atoms with Gasteiger partial charge in [-0.25, -0.2) is 4.79 Å². The molecular formula is C10H17N3O5. The van der Waals surface area contributed by atoms with Crippen LogP contribution in [0.1, 0.15) is 13.3 Å². The molecule has 1 heterocycles. The molecule has 102 valence electrons. The van der Waals surface area contributed by atoms with Gasteiger partial charge in [-0.2, -0.15) is 0 Å². The van der Waals surface area contributed by atoms with Crippen molar-refractivity contribution >= 4 is 17.9 Å². The van der Waals surface area contributed by atoms with Crippen LogP contribution in [-0.2, 0) is 14.3 Å². The number of carbonyl (C=O) groups is 3. The third-order valence-electron chi connectivity index (χ3n) is 2.54. The first-order valence-electron chi connectivity index (χ1n) is 5.63. The molecule has 0 aromatic heterocycles. The summed E-state index contributed by atoms with van der Waals surface area (Å²) in [6, 6.07) is -0.532. The van der Waals surface area contributed by atoms with Gasteiger partial charge in [-0.05, 0) is 13.3 Å². The van der Waals surface area contributed by atoms with E-state index in [9.17, 15) is 14.4 Å². The molecule has 1 fully saturated rings. The number of hydrogen-bond acceptors (Lipinski definition) is 4. The summed E-state index contributed by atoms with van der Waals surface area (Å²) in [5.41, 5.74) is 0. The Morgan fingerprint density at radius 2 is 2.00 bits per heavy atom. The van der Waals surface area contributed by atoms with Gasteiger partial charge >= 0.3 is 12.0 Å². The van der Waals surface area contributed by atoms with E-state index in [1.807, 2.05) is 6.92 Å². The number of carboxylic acid groups (broad SMARTS) is 1. The van der Waals surface area contributed by atoms with E-state index in [0.717, 1.165) is 6.42 Å². The highest BCUT2D eigenvalue weighted by molar-refractivity contribution is 5.86. The standard InChI is InChI=1S/C10H17N3O5/c1-6-7(2-3-18-6)13-10(17)12-4-8(14)11-5-9(15)16/h6-7H,2-5H2,1H3,(H,11,14)(H,15,16)(H2,12,13,17). The zero-order valence-corrected chi connectivity index (χ0v) is 10.1. The predicted molar refractivity (Wildman–Crippen MR) is 61.0 cm³/mol. The molecule has 0 spiro atoms. The molecule has 0 aromatic carbocycles. The van der Waals surface area contributed by atoms with Crippen molar-refractivity contribution in [2.75, 3.05) is 19.7 Å². The normalized spacial score (nSPS) is 22.3. The largest absolute Gasteiger partial charge is 0.480 e. The molecule has 4 N–H and O–H groups in total.